The SMILES string of the molecule is Cc1cc(=O)oc(C)c1C(=O)OCC(=O)NC(C)c1ccc2c(c1)CCCC2. The zero-order chi connectivity index (χ0) is 20.3. The second kappa shape index (κ2) is 8.42. The first kappa shape index (κ1) is 19.9. The van der Waals surface area contributed by atoms with E-state index >= 15 is 0 Å². The summed E-state index contributed by atoms with van der Waals surface area (Å²) in [5.41, 5.74) is 3.90. The van der Waals surface area contributed by atoms with E-state index in [4.69, 9.17) is 9.15 Å². The molecule has 1 aromatic carbocycles. The van der Waals surface area contributed by atoms with Crippen LogP contribution in [0.3, 0.4) is 0 Å². The van der Waals surface area contributed by atoms with Crippen LogP contribution in [0, 0.1) is 13.8 Å². The lowest BCUT2D eigenvalue weighted by Crippen LogP contribution is -2.31. The van der Waals surface area contributed by atoms with E-state index in [9.17, 15) is 14.4 Å². The average molecular weight is 383 g/mol. The highest BCUT2D eigenvalue weighted by Crippen LogP contribution is 2.24. The number of carbonyl (C=O) groups is 2. The first-order valence-electron chi connectivity index (χ1n) is 9.54. The molecule has 1 amide bonds. The Bertz CT molecular complexity index is 934. The number of carbonyl (C=O) groups excluding carboxylic acids is 2. The van der Waals surface area contributed by atoms with Crippen molar-refractivity contribution in [2.45, 2.75) is 52.5 Å². The second-order valence-electron chi connectivity index (χ2n) is 7.28. The third-order valence-corrected chi connectivity index (χ3v) is 5.12. The van der Waals surface area contributed by atoms with Crippen LogP contribution in [0.2, 0.25) is 0 Å². The van der Waals surface area contributed by atoms with E-state index in [2.05, 4.69) is 17.4 Å². The van der Waals surface area contributed by atoms with Gasteiger partial charge in [-0.1, -0.05) is 18.2 Å². The van der Waals surface area contributed by atoms with Crippen molar-refractivity contribution >= 4 is 11.9 Å². The molecule has 0 bridgehead atoms. The van der Waals surface area contributed by atoms with Gasteiger partial charge in [-0.15, -0.1) is 0 Å². The number of hydrogen-bond acceptors (Lipinski definition) is 5. The first-order chi connectivity index (χ1) is 13.3. The van der Waals surface area contributed by atoms with Crippen molar-refractivity contribution in [1.29, 1.82) is 0 Å². The van der Waals surface area contributed by atoms with Crippen LogP contribution in [0.15, 0.2) is 33.5 Å². The Morgan fingerprint density at radius 1 is 1.14 bits per heavy atom. The highest BCUT2D eigenvalue weighted by molar-refractivity contribution is 5.93. The highest BCUT2D eigenvalue weighted by Gasteiger charge is 2.19. The van der Waals surface area contributed by atoms with Crippen LogP contribution in [-0.4, -0.2) is 18.5 Å². The van der Waals surface area contributed by atoms with Crippen LogP contribution in [0.25, 0.3) is 0 Å². The van der Waals surface area contributed by atoms with Crippen molar-refractivity contribution in [3.05, 3.63) is 68.3 Å². The summed E-state index contributed by atoms with van der Waals surface area (Å²) in [5, 5.41) is 2.86. The number of aryl methyl sites for hydroxylation is 4. The summed E-state index contributed by atoms with van der Waals surface area (Å²) in [4.78, 5) is 35.8. The van der Waals surface area contributed by atoms with Crippen LogP contribution in [0.4, 0.5) is 0 Å². The molecule has 1 N–H and O–H groups in total. The van der Waals surface area contributed by atoms with Gasteiger partial charge in [0.15, 0.2) is 6.61 Å². The molecule has 28 heavy (non-hydrogen) atoms. The van der Waals surface area contributed by atoms with E-state index in [0.717, 1.165) is 18.4 Å². The Morgan fingerprint density at radius 3 is 2.57 bits per heavy atom. The Labute approximate surface area is 163 Å². The molecule has 0 spiro atoms. The second-order valence-corrected chi connectivity index (χ2v) is 7.28. The lowest BCUT2D eigenvalue weighted by atomic mass is 9.89. The topological polar surface area (TPSA) is 85.6 Å². The molecule has 1 aliphatic carbocycles. The van der Waals surface area contributed by atoms with Crippen LogP contribution in [0.1, 0.15) is 64.2 Å². The van der Waals surface area contributed by atoms with Gasteiger partial charge >= 0.3 is 11.6 Å². The zero-order valence-corrected chi connectivity index (χ0v) is 16.5. The molecular weight excluding hydrogens is 358 g/mol. The predicted molar refractivity (Wildman–Crippen MR) is 104 cm³/mol. The van der Waals surface area contributed by atoms with Gasteiger partial charge in [0.1, 0.15) is 11.3 Å². The maximum absolute atomic E-state index is 12.3. The normalized spacial score (nSPS) is 14.1. The van der Waals surface area contributed by atoms with Gasteiger partial charge in [-0.05, 0) is 68.7 Å². The summed E-state index contributed by atoms with van der Waals surface area (Å²) < 4.78 is 10.0. The van der Waals surface area contributed by atoms with Crippen molar-refractivity contribution in [3.8, 4) is 0 Å². The number of rotatable bonds is 5. The summed E-state index contributed by atoms with van der Waals surface area (Å²) in [6.45, 7) is 4.65. The minimum Gasteiger partial charge on any atom is -0.452 e. The van der Waals surface area contributed by atoms with Gasteiger partial charge in [0, 0.05) is 6.07 Å². The van der Waals surface area contributed by atoms with E-state index in [-0.39, 0.29) is 23.3 Å². The number of amides is 1. The molecule has 1 aliphatic rings. The third kappa shape index (κ3) is 4.50. The number of fused-ring (bicyclic) bond motifs is 1. The quantitative estimate of drug-likeness (QED) is 0.802. The summed E-state index contributed by atoms with van der Waals surface area (Å²) in [6.07, 6.45) is 4.62. The lowest BCUT2D eigenvalue weighted by Gasteiger charge is -2.20. The average Bonchev–Trinajstić information content (AvgIpc) is 2.65. The molecule has 0 saturated carbocycles. The molecule has 1 atom stereocenters. The van der Waals surface area contributed by atoms with Crippen molar-refractivity contribution in [1.82, 2.24) is 5.32 Å². The molecule has 0 fully saturated rings. The fraction of sp³-hybridized carbons (Fsp3) is 0.409. The van der Waals surface area contributed by atoms with Crippen molar-refractivity contribution < 1.29 is 18.7 Å². The number of ether oxygens (including phenoxy) is 1. The monoisotopic (exact) mass is 383 g/mol. The molecule has 0 saturated heterocycles. The minimum atomic E-state index is -0.685. The number of benzene rings is 1. The van der Waals surface area contributed by atoms with Crippen molar-refractivity contribution in [2.75, 3.05) is 6.61 Å². The van der Waals surface area contributed by atoms with E-state index in [1.165, 1.54) is 37.0 Å². The zero-order valence-electron chi connectivity index (χ0n) is 16.5. The highest BCUT2D eigenvalue weighted by atomic mass is 16.5. The summed E-state index contributed by atoms with van der Waals surface area (Å²) in [6, 6.07) is 7.38. The molecule has 6 nitrogen and oxygen atoms in total. The molecular formula is C22H25NO5. The van der Waals surface area contributed by atoms with Crippen LogP contribution in [-0.2, 0) is 22.4 Å². The molecule has 148 valence electrons. The number of nitrogens with one attached hydrogen (secondary N) is 1. The first-order valence-corrected chi connectivity index (χ1v) is 9.54. The van der Waals surface area contributed by atoms with Crippen molar-refractivity contribution in [3.63, 3.8) is 0 Å². The maximum atomic E-state index is 12.3. The standard InChI is InChI=1S/C22H25NO5/c1-13-10-20(25)28-15(3)21(13)22(26)27-12-19(24)23-14(2)17-9-8-16-6-4-5-7-18(16)11-17/h8-11,14H,4-7,12H2,1-3H3,(H,23,24). The summed E-state index contributed by atoms with van der Waals surface area (Å²) >= 11 is 0. The van der Waals surface area contributed by atoms with Gasteiger partial charge < -0.3 is 14.5 Å². The molecule has 1 heterocycles. The van der Waals surface area contributed by atoms with E-state index in [1.807, 2.05) is 13.0 Å². The van der Waals surface area contributed by atoms with Gasteiger partial charge in [-0.25, -0.2) is 9.59 Å². The van der Waals surface area contributed by atoms with Gasteiger partial charge in [0.2, 0.25) is 0 Å². The largest absolute Gasteiger partial charge is 0.452 e. The Morgan fingerprint density at radius 2 is 1.86 bits per heavy atom. The molecule has 0 aliphatic heterocycles. The predicted octanol–water partition coefficient (Wildman–Crippen LogP) is 3.17. The summed E-state index contributed by atoms with van der Waals surface area (Å²) in [7, 11) is 0. The Balaban J connectivity index is 1.58. The molecule has 1 unspecified atom stereocenters. The Hall–Kier alpha value is -2.89. The van der Waals surface area contributed by atoms with Gasteiger partial charge in [-0.3, -0.25) is 4.79 Å². The fourth-order valence-electron chi connectivity index (χ4n) is 3.66. The minimum absolute atomic E-state index is 0.176. The molecule has 1 aromatic heterocycles. The molecule has 0 radical (unpaired) electrons. The molecule has 2 aromatic rings. The maximum Gasteiger partial charge on any atom is 0.342 e. The van der Waals surface area contributed by atoms with Crippen LogP contribution < -0.4 is 10.9 Å². The van der Waals surface area contributed by atoms with Crippen molar-refractivity contribution in [2.24, 2.45) is 0 Å². The van der Waals surface area contributed by atoms with E-state index in [0.29, 0.717) is 5.56 Å². The van der Waals surface area contributed by atoms with Gasteiger partial charge in [-0.2, -0.15) is 0 Å². The van der Waals surface area contributed by atoms with E-state index < -0.39 is 18.2 Å². The lowest BCUT2D eigenvalue weighted by molar-refractivity contribution is -0.124. The van der Waals surface area contributed by atoms with Gasteiger partial charge in [0.25, 0.3) is 5.91 Å². The fourth-order valence-corrected chi connectivity index (χ4v) is 3.66. The van der Waals surface area contributed by atoms with Crippen LogP contribution >= 0.6 is 0 Å². The molecule has 3 rings (SSSR count). The van der Waals surface area contributed by atoms with Crippen LogP contribution in [0.5, 0.6) is 0 Å². The third-order valence-electron chi connectivity index (χ3n) is 5.12. The van der Waals surface area contributed by atoms with E-state index in [1.54, 1.807) is 6.92 Å². The smallest absolute Gasteiger partial charge is 0.342 e. The summed E-state index contributed by atoms with van der Waals surface area (Å²) in [5.74, 6) is -0.889. The Kier molecular flexibility index (Phi) is 5.97. The number of hydrogen-bond donors (Lipinski definition) is 1. The van der Waals surface area contributed by atoms with Gasteiger partial charge in [0.05, 0.1) is 6.04 Å². The number of esters is 1. The molecule has 6 heteroatoms.